The minimum atomic E-state index is -0.312. The van der Waals surface area contributed by atoms with E-state index in [1.54, 1.807) is 25.1 Å². The molecule has 0 spiro atoms. The van der Waals surface area contributed by atoms with E-state index in [-0.39, 0.29) is 5.82 Å². The molecule has 3 N–H and O–H groups in total. The van der Waals surface area contributed by atoms with Crippen LogP contribution in [0.15, 0.2) is 34.8 Å². The molecule has 0 aliphatic rings. The van der Waals surface area contributed by atoms with Gasteiger partial charge in [0.25, 0.3) is 0 Å². The van der Waals surface area contributed by atoms with E-state index in [0.717, 1.165) is 10.2 Å². The zero-order valence-electron chi connectivity index (χ0n) is 9.60. The van der Waals surface area contributed by atoms with E-state index in [1.165, 1.54) is 6.07 Å². The van der Waals surface area contributed by atoms with Gasteiger partial charge in [0.15, 0.2) is 0 Å². The molecule has 2 aromatic carbocycles. The predicted octanol–water partition coefficient (Wildman–Crippen LogP) is 4.88. The summed E-state index contributed by atoms with van der Waals surface area (Å²) >= 11 is 9.27. The lowest BCUT2D eigenvalue weighted by atomic mass is 10.1. The van der Waals surface area contributed by atoms with E-state index in [4.69, 9.17) is 17.3 Å². The summed E-state index contributed by atoms with van der Waals surface area (Å²) in [6.45, 7) is 1.69. The van der Waals surface area contributed by atoms with Crippen molar-refractivity contribution in [2.45, 2.75) is 6.92 Å². The lowest BCUT2D eigenvalue weighted by Gasteiger charge is -2.12. The van der Waals surface area contributed by atoms with E-state index in [9.17, 15) is 4.39 Å². The normalized spacial score (nSPS) is 10.4. The number of halogens is 3. The van der Waals surface area contributed by atoms with Crippen molar-refractivity contribution in [1.82, 2.24) is 0 Å². The van der Waals surface area contributed by atoms with Crippen LogP contribution in [-0.4, -0.2) is 0 Å². The van der Waals surface area contributed by atoms with Crippen molar-refractivity contribution in [3.05, 3.63) is 51.2 Å². The fourth-order valence-electron chi connectivity index (χ4n) is 1.54. The van der Waals surface area contributed by atoms with Crippen LogP contribution in [0.3, 0.4) is 0 Å². The monoisotopic (exact) mass is 328 g/mol. The molecule has 0 atom stereocenters. The zero-order chi connectivity index (χ0) is 13.3. The fourth-order valence-corrected chi connectivity index (χ4v) is 2.32. The third kappa shape index (κ3) is 2.76. The molecule has 0 fully saturated rings. The number of benzene rings is 2. The molecule has 0 amide bonds. The number of nitrogens with two attached hydrogens (primary N) is 1. The molecule has 0 saturated heterocycles. The molecule has 2 nitrogen and oxygen atoms in total. The Bertz CT molecular complexity index is 602. The second-order valence-electron chi connectivity index (χ2n) is 3.94. The van der Waals surface area contributed by atoms with Crippen molar-refractivity contribution < 1.29 is 4.39 Å². The lowest BCUT2D eigenvalue weighted by Crippen LogP contribution is -1.99. The predicted molar refractivity (Wildman–Crippen MR) is 78.0 cm³/mol. The molecule has 18 heavy (non-hydrogen) atoms. The van der Waals surface area contributed by atoms with E-state index < -0.39 is 0 Å². The fraction of sp³-hybridized carbons (Fsp3) is 0.0769. The molecule has 0 aromatic heterocycles. The van der Waals surface area contributed by atoms with Crippen LogP contribution in [0.4, 0.5) is 21.5 Å². The number of rotatable bonds is 2. The quantitative estimate of drug-likeness (QED) is 0.771. The van der Waals surface area contributed by atoms with Gasteiger partial charge in [-0.25, -0.2) is 4.39 Å². The second-order valence-corrected chi connectivity index (χ2v) is 5.23. The molecule has 0 aliphatic heterocycles. The van der Waals surface area contributed by atoms with Crippen LogP contribution < -0.4 is 11.1 Å². The van der Waals surface area contributed by atoms with E-state index in [1.807, 2.05) is 6.07 Å². The number of nitrogens with one attached hydrogen (secondary N) is 1. The van der Waals surface area contributed by atoms with Gasteiger partial charge in [-0.3, -0.25) is 0 Å². The van der Waals surface area contributed by atoms with Crippen molar-refractivity contribution in [2.24, 2.45) is 0 Å². The highest BCUT2D eigenvalue weighted by atomic mass is 79.9. The van der Waals surface area contributed by atoms with Crippen molar-refractivity contribution >= 4 is 44.6 Å². The van der Waals surface area contributed by atoms with Gasteiger partial charge in [0.05, 0.1) is 17.1 Å². The van der Waals surface area contributed by atoms with E-state index in [0.29, 0.717) is 22.0 Å². The van der Waals surface area contributed by atoms with Crippen LogP contribution in [0.2, 0.25) is 5.02 Å². The Hall–Kier alpha value is -1.26. The van der Waals surface area contributed by atoms with Crippen molar-refractivity contribution in [3.63, 3.8) is 0 Å². The van der Waals surface area contributed by atoms with Crippen molar-refractivity contribution in [2.75, 3.05) is 11.1 Å². The molecule has 0 aliphatic carbocycles. The first kappa shape index (κ1) is 13.2. The third-order valence-electron chi connectivity index (χ3n) is 2.53. The minimum absolute atomic E-state index is 0.312. The Balaban J connectivity index is 2.37. The van der Waals surface area contributed by atoms with Crippen LogP contribution in [0.25, 0.3) is 0 Å². The summed E-state index contributed by atoms with van der Waals surface area (Å²) in [5, 5.41) is 3.77. The van der Waals surface area contributed by atoms with Crippen LogP contribution in [0.1, 0.15) is 5.56 Å². The maximum atomic E-state index is 13.3. The largest absolute Gasteiger partial charge is 0.397 e. The van der Waals surface area contributed by atoms with Gasteiger partial charge in [0, 0.05) is 9.50 Å². The van der Waals surface area contributed by atoms with Gasteiger partial charge in [-0.2, -0.15) is 0 Å². The molecule has 0 heterocycles. The summed E-state index contributed by atoms with van der Waals surface area (Å²) in [5.41, 5.74) is 8.15. The highest BCUT2D eigenvalue weighted by molar-refractivity contribution is 9.10. The number of nitrogen functional groups attached to an aromatic ring is 1. The summed E-state index contributed by atoms with van der Waals surface area (Å²) in [5.74, 6) is -0.312. The maximum Gasteiger partial charge on any atom is 0.128 e. The van der Waals surface area contributed by atoms with Gasteiger partial charge in [-0.15, -0.1) is 0 Å². The first-order valence-corrected chi connectivity index (χ1v) is 6.42. The van der Waals surface area contributed by atoms with Gasteiger partial charge < -0.3 is 11.1 Å². The Morgan fingerprint density at radius 3 is 2.61 bits per heavy atom. The smallest absolute Gasteiger partial charge is 0.128 e. The van der Waals surface area contributed by atoms with Gasteiger partial charge in [-0.1, -0.05) is 11.6 Å². The van der Waals surface area contributed by atoms with Gasteiger partial charge >= 0.3 is 0 Å². The first-order chi connectivity index (χ1) is 8.47. The highest BCUT2D eigenvalue weighted by Gasteiger charge is 2.07. The summed E-state index contributed by atoms with van der Waals surface area (Å²) < 4.78 is 14.1. The SMILES string of the molecule is Cc1cc(Nc2ccc(Cl)cc2Br)c(N)cc1F. The highest BCUT2D eigenvalue weighted by Crippen LogP contribution is 2.31. The molecule has 0 unspecified atom stereocenters. The second kappa shape index (κ2) is 5.16. The third-order valence-corrected chi connectivity index (χ3v) is 3.42. The Morgan fingerprint density at radius 1 is 1.22 bits per heavy atom. The summed E-state index contributed by atoms with van der Waals surface area (Å²) in [6.07, 6.45) is 0. The molecule has 5 heteroatoms. The van der Waals surface area contributed by atoms with Crippen LogP contribution in [-0.2, 0) is 0 Å². The molecule has 0 radical (unpaired) electrons. The van der Waals surface area contributed by atoms with Gasteiger partial charge in [0.2, 0.25) is 0 Å². The van der Waals surface area contributed by atoms with Crippen molar-refractivity contribution in [1.29, 1.82) is 0 Å². The first-order valence-electron chi connectivity index (χ1n) is 5.25. The number of aryl methyl sites for hydroxylation is 1. The summed E-state index contributed by atoms with van der Waals surface area (Å²) in [6, 6.07) is 8.34. The maximum absolute atomic E-state index is 13.3. The average Bonchev–Trinajstić information content (AvgIpc) is 2.29. The molecular formula is C13H11BrClFN2. The van der Waals surface area contributed by atoms with Gasteiger partial charge in [-0.05, 0) is 58.7 Å². The standard InChI is InChI=1S/C13H11BrClFN2/c1-7-4-13(11(17)6-10(7)16)18-12-3-2-8(15)5-9(12)14/h2-6,18H,17H2,1H3. The topological polar surface area (TPSA) is 38.0 Å². The van der Waals surface area contributed by atoms with Crippen molar-refractivity contribution in [3.8, 4) is 0 Å². The molecule has 2 rings (SSSR count). The van der Waals surface area contributed by atoms with Crippen LogP contribution >= 0.6 is 27.5 Å². The summed E-state index contributed by atoms with van der Waals surface area (Å²) in [7, 11) is 0. The van der Waals surface area contributed by atoms with E-state index in [2.05, 4.69) is 21.2 Å². The molecule has 0 bridgehead atoms. The van der Waals surface area contributed by atoms with E-state index >= 15 is 0 Å². The molecular weight excluding hydrogens is 319 g/mol. The van der Waals surface area contributed by atoms with Crippen LogP contribution in [0, 0.1) is 12.7 Å². The Labute approximate surface area is 118 Å². The van der Waals surface area contributed by atoms with Gasteiger partial charge in [0.1, 0.15) is 5.82 Å². The number of hydrogen-bond donors (Lipinski definition) is 2. The number of anilines is 3. The number of hydrogen-bond acceptors (Lipinski definition) is 2. The molecule has 94 valence electrons. The van der Waals surface area contributed by atoms with Crippen LogP contribution in [0.5, 0.6) is 0 Å². The zero-order valence-corrected chi connectivity index (χ0v) is 11.9. The minimum Gasteiger partial charge on any atom is -0.397 e. The average molecular weight is 330 g/mol. The molecule has 0 saturated carbocycles. The Kier molecular flexibility index (Phi) is 3.78. The Morgan fingerprint density at radius 2 is 1.94 bits per heavy atom. The lowest BCUT2D eigenvalue weighted by molar-refractivity contribution is 0.619. The molecule has 2 aromatic rings. The summed E-state index contributed by atoms with van der Waals surface area (Å²) in [4.78, 5) is 0.